The van der Waals surface area contributed by atoms with Crippen molar-refractivity contribution in [3.63, 3.8) is 0 Å². The van der Waals surface area contributed by atoms with Crippen molar-refractivity contribution >= 4 is 22.4 Å². The van der Waals surface area contributed by atoms with Gasteiger partial charge in [0.2, 0.25) is 0 Å². The summed E-state index contributed by atoms with van der Waals surface area (Å²) in [6, 6.07) is -0.833. The Morgan fingerprint density at radius 1 is 1.20 bits per heavy atom. The Morgan fingerprint density at radius 2 is 1.27 bits per heavy atom. The third kappa shape index (κ3) is 213. The van der Waals surface area contributed by atoms with E-state index in [0.717, 1.165) is 0 Å². The average Bonchev–Trinajstić information content (AvgIpc) is 1.80. The number of rotatable bonds is 1. The van der Waals surface area contributed by atoms with Gasteiger partial charge in [0, 0.05) is 0 Å². The van der Waals surface area contributed by atoms with Crippen molar-refractivity contribution in [2.75, 3.05) is 0 Å². The van der Waals surface area contributed by atoms with E-state index in [1.54, 1.807) is 0 Å². The summed E-state index contributed by atoms with van der Waals surface area (Å²) in [4.78, 5) is 18.4. The molecular formula is C4H12N2O8S. The molecule has 0 radical (unpaired) electrons. The summed E-state index contributed by atoms with van der Waals surface area (Å²) in [5.74, 6) is -1.19. The lowest BCUT2D eigenvalue weighted by atomic mass is 10.4. The van der Waals surface area contributed by atoms with Gasteiger partial charge >= 0.3 is 22.4 Å². The Hall–Kier alpha value is -1.43. The van der Waals surface area contributed by atoms with E-state index in [2.05, 4.69) is 11.5 Å². The molecule has 0 saturated carbocycles. The molecule has 8 N–H and O–H groups in total. The average molecular weight is 248 g/mol. The Kier molecular flexibility index (Phi) is 11.7. The van der Waals surface area contributed by atoms with E-state index < -0.39 is 28.5 Å². The molecule has 15 heavy (non-hydrogen) atoms. The van der Waals surface area contributed by atoms with Gasteiger partial charge in [-0.3, -0.25) is 9.11 Å². The maximum atomic E-state index is 9.45. The number of carboxylic acid groups (broad SMARTS) is 1. The largest absolute Gasteiger partial charge is 0.479 e. The second-order valence-electron chi connectivity index (χ2n) is 1.86. The monoisotopic (exact) mass is 248 g/mol. The highest BCUT2D eigenvalue weighted by Gasteiger charge is 2.01. The number of hydrogen-bond acceptors (Lipinski definition) is 5. The number of aliphatic carboxylic acids is 1. The third-order valence-corrected chi connectivity index (χ3v) is 0.357. The van der Waals surface area contributed by atoms with Crippen LogP contribution in [0.25, 0.3) is 0 Å². The van der Waals surface area contributed by atoms with Crippen molar-refractivity contribution in [3.05, 3.63) is 0 Å². The number of amides is 2. The molecule has 1 unspecified atom stereocenters. The van der Waals surface area contributed by atoms with Crippen LogP contribution in [-0.4, -0.2) is 45.8 Å². The SMILES string of the molecule is CC(O)C(=O)O.NC(N)=O.O=S(=O)(O)O. The van der Waals surface area contributed by atoms with Gasteiger partial charge in [-0.15, -0.1) is 0 Å². The zero-order valence-electron chi connectivity index (χ0n) is 7.56. The minimum Gasteiger partial charge on any atom is -0.479 e. The van der Waals surface area contributed by atoms with Crippen molar-refractivity contribution in [1.29, 1.82) is 0 Å². The summed E-state index contributed by atoms with van der Waals surface area (Å²) in [5, 5.41) is 15.8. The Balaban J connectivity index is -0.000000147. The third-order valence-electron chi connectivity index (χ3n) is 0.357. The number of carboxylic acids is 1. The molecule has 0 aromatic rings. The van der Waals surface area contributed by atoms with Crippen LogP contribution in [0.1, 0.15) is 6.92 Å². The van der Waals surface area contributed by atoms with Gasteiger partial charge in [-0.25, -0.2) is 9.59 Å². The maximum absolute atomic E-state index is 9.45. The van der Waals surface area contributed by atoms with E-state index in [4.69, 9.17) is 32.5 Å². The molecule has 0 spiro atoms. The van der Waals surface area contributed by atoms with Gasteiger partial charge in [-0.1, -0.05) is 0 Å². The first kappa shape index (κ1) is 19.2. The lowest BCUT2D eigenvalue weighted by Crippen LogP contribution is -2.18. The Bertz CT molecular complexity index is 271. The van der Waals surface area contributed by atoms with E-state index in [9.17, 15) is 4.79 Å². The normalized spacial score (nSPS) is 10.9. The number of urea groups is 1. The summed E-state index contributed by atoms with van der Waals surface area (Å²) < 4.78 is 31.6. The van der Waals surface area contributed by atoms with Gasteiger partial charge in [-0.2, -0.15) is 8.42 Å². The molecule has 92 valence electrons. The fraction of sp³-hybridized carbons (Fsp3) is 0.500. The molecule has 0 aliphatic rings. The Morgan fingerprint density at radius 3 is 1.27 bits per heavy atom. The highest BCUT2D eigenvalue weighted by atomic mass is 32.3. The predicted molar refractivity (Wildman–Crippen MR) is 47.3 cm³/mol. The number of nitrogens with two attached hydrogens (primary N) is 2. The summed E-state index contributed by atoms with van der Waals surface area (Å²) in [6.07, 6.45) is -1.23. The zero-order valence-corrected chi connectivity index (χ0v) is 8.38. The van der Waals surface area contributed by atoms with E-state index in [1.165, 1.54) is 6.92 Å². The number of aliphatic hydroxyl groups excluding tert-OH is 1. The minimum atomic E-state index is -4.67. The standard InChI is InChI=1S/C3H6O3.CH4N2O.H2O4S/c1-2(4)3(5)6;2-1(3)4;1-5(2,3)4/h2,4H,1H3,(H,5,6);(H4,2,3,4);(H2,1,2,3,4). The first-order chi connectivity index (χ1) is 6.37. The molecule has 0 aromatic heterocycles. The fourth-order valence-corrected chi connectivity index (χ4v) is 0. The molecular weight excluding hydrogens is 236 g/mol. The van der Waals surface area contributed by atoms with Gasteiger partial charge in [-0.05, 0) is 6.92 Å². The topological polar surface area (TPSA) is 201 Å². The maximum Gasteiger partial charge on any atom is 0.394 e. The van der Waals surface area contributed by atoms with E-state index in [1.807, 2.05) is 0 Å². The number of aliphatic hydroxyl groups is 1. The van der Waals surface area contributed by atoms with Gasteiger partial charge < -0.3 is 21.7 Å². The van der Waals surface area contributed by atoms with Gasteiger partial charge in [0.25, 0.3) is 0 Å². The van der Waals surface area contributed by atoms with Crippen molar-refractivity contribution in [3.8, 4) is 0 Å². The summed E-state index contributed by atoms with van der Waals surface area (Å²) in [5.41, 5.74) is 8.50. The molecule has 0 bridgehead atoms. The van der Waals surface area contributed by atoms with Gasteiger partial charge in [0.05, 0.1) is 0 Å². The fourth-order valence-electron chi connectivity index (χ4n) is 0. The molecule has 0 saturated heterocycles. The van der Waals surface area contributed by atoms with E-state index in [-0.39, 0.29) is 0 Å². The lowest BCUT2D eigenvalue weighted by Gasteiger charge is -1.89. The van der Waals surface area contributed by atoms with E-state index >= 15 is 0 Å². The molecule has 0 aliphatic heterocycles. The van der Waals surface area contributed by atoms with Crippen molar-refractivity contribution in [2.24, 2.45) is 11.5 Å². The molecule has 0 rings (SSSR count). The molecule has 0 fully saturated rings. The molecule has 11 heteroatoms. The quantitative estimate of drug-likeness (QED) is 0.281. The van der Waals surface area contributed by atoms with Crippen LogP contribution in [-0.2, 0) is 15.2 Å². The van der Waals surface area contributed by atoms with Crippen LogP contribution < -0.4 is 11.5 Å². The molecule has 0 aliphatic carbocycles. The van der Waals surface area contributed by atoms with Crippen LogP contribution in [0, 0.1) is 0 Å². The molecule has 2 amide bonds. The van der Waals surface area contributed by atoms with E-state index in [0.29, 0.717) is 0 Å². The van der Waals surface area contributed by atoms with Crippen LogP contribution in [0.2, 0.25) is 0 Å². The Labute approximate surface area is 85.1 Å². The molecule has 10 nitrogen and oxygen atoms in total. The zero-order chi connectivity index (χ0) is 13.2. The van der Waals surface area contributed by atoms with Gasteiger partial charge in [0.1, 0.15) is 6.10 Å². The first-order valence-corrected chi connectivity index (χ1v) is 4.43. The van der Waals surface area contributed by atoms with Crippen LogP contribution in [0.4, 0.5) is 4.79 Å². The second-order valence-corrected chi connectivity index (χ2v) is 2.76. The smallest absolute Gasteiger partial charge is 0.394 e. The number of hydrogen-bond donors (Lipinski definition) is 6. The van der Waals surface area contributed by atoms with Crippen LogP contribution >= 0.6 is 0 Å². The van der Waals surface area contributed by atoms with Crippen LogP contribution in [0.3, 0.4) is 0 Å². The van der Waals surface area contributed by atoms with Crippen molar-refractivity contribution in [1.82, 2.24) is 0 Å². The van der Waals surface area contributed by atoms with Crippen LogP contribution in [0.5, 0.6) is 0 Å². The number of primary amides is 2. The van der Waals surface area contributed by atoms with Gasteiger partial charge in [0.15, 0.2) is 0 Å². The van der Waals surface area contributed by atoms with Crippen molar-refractivity contribution < 1.29 is 37.3 Å². The summed E-state index contributed by atoms with van der Waals surface area (Å²) in [6.45, 7) is 1.20. The second kappa shape index (κ2) is 9.14. The minimum absolute atomic E-state index is 0.833. The number of carbonyl (C=O) groups excluding carboxylic acids is 1. The van der Waals surface area contributed by atoms with Crippen molar-refractivity contribution in [2.45, 2.75) is 13.0 Å². The summed E-state index contributed by atoms with van der Waals surface area (Å²) >= 11 is 0. The highest BCUT2D eigenvalue weighted by molar-refractivity contribution is 7.79. The first-order valence-electron chi connectivity index (χ1n) is 3.03. The predicted octanol–water partition coefficient (Wildman–Crippen LogP) is -2.18. The summed E-state index contributed by atoms with van der Waals surface area (Å²) in [7, 11) is -4.67. The molecule has 0 aromatic carbocycles. The molecule has 1 atom stereocenters. The molecule has 0 heterocycles. The van der Waals surface area contributed by atoms with Crippen LogP contribution in [0.15, 0.2) is 0 Å². The number of carbonyl (C=O) groups is 2. The highest BCUT2D eigenvalue weighted by Crippen LogP contribution is 1.73. The lowest BCUT2D eigenvalue weighted by molar-refractivity contribution is -0.145.